The van der Waals surface area contributed by atoms with Crippen LogP contribution in [0.4, 0.5) is 10.1 Å². The largest absolute Gasteiger partial charge is 0.279 e. The number of halogens is 2. The summed E-state index contributed by atoms with van der Waals surface area (Å²) in [5.74, 6) is -0.472. The standard InChI is InChI=1S/C11H9BrFNO2S2/c1-7-4-8(13)6-9(5-7)14-18(15,16)11-3-2-10(12)17-11/h2-6,14H,1H3. The van der Waals surface area contributed by atoms with E-state index in [0.29, 0.717) is 5.56 Å². The Bertz CT molecular complexity index is 662. The molecule has 7 heteroatoms. The summed E-state index contributed by atoms with van der Waals surface area (Å²) in [6.45, 7) is 1.70. The van der Waals surface area contributed by atoms with E-state index in [2.05, 4.69) is 20.7 Å². The van der Waals surface area contributed by atoms with Crippen molar-refractivity contribution in [2.75, 3.05) is 4.72 Å². The third-order valence-electron chi connectivity index (χ3n) is 2.11. The van der Waals surface area contributed by atoms with Crippen molar-refractivity contribution in [1.29, 1.82) is 0 Å². The fraction of sp³-hybridized carbons (Fsp3) is 0.0909. The summed E-state index contributed by atoms with van der Waals surface area (Å²) in [5, 5.41) is 0. The van der Waals surface area contributed by atoms with Gasteiger partial charge < -0.3 is 0 Å². The zero-order valence-corrected chi connectivity index (χ0v) is 12.5. The monoisotopic (exact) mass is 349 g/mol. The highest BCUT2D eigenvalue weighted by molar-refractivity contribution is 9.11. The molecule has 96 valence electrons. The first-order valence-electron chi connectivity index (χ1n) is 4.92. The van der Waals surface area contributed by atoms with Gasteiger partial charge in [0.15, 0.2) is 0 Å². The maximum absolute atomic E-state index is 13.2. The molecule has 1 heterocycles. The van der Waals surface area contributed by atoms with Crippen molar-refractivity contribution in [3.63, 3.8) is 0 Å². The Hall–Kier alpha value is -0.920. The Kier molecular flexibility index (Phi) is 3.74. The molecule has 0 aliphatic rings. The van der Waals surface area contributed by atoms with Gasteiger partial charge in [-0.3, -0.25) is 4.72 Å². The van der Waals surface area contributed by atoms with E-state index in [9.17, 15) is 12.8 Å². The van der Waals surface area contributed by atoms with E-state index in [-0.39, 0.29) is 9.90 Å². The normalized spacial score (nSPS) is 11.5. The van der Waals surface area contributed by atoms with E-state index in [4.69, 9.17) is 0 Å². The van der Waals surface area contributed by atoms with Gasteiger partial charge in [0.05, 0.1) is 9.47 Å². The third kappa shape index (κ3) is 3.09. The molecule has 0 aliphatic heterocycles. The minimum atomic E-state index is -3.65. The molecule has 0 fully saturated rings. The number of rotatable bonds is 3. The van der Waals surface area contributed by atoms with Crippen LogP contribution in [0.1, 0.15) is 5.56 Å². The average Bonchev–Trinajstić information content (AvgIpc) is 2.62. The molecule has 1 aromatic heterocycles. The van der Waals surface area contributed by atoms with Crippen LogP contribution < -0.4 is 4.72 Å². The van der Waals surface area contributed by atoms with Crippen molar-refractivity contribution in [1.82, 2.24) is 0 Å². The van der Waals surface area contributed by atoms with Crippen molar-refractivity contribution >= 4 is 43.0 Å². The fourth-order valence-electron chi connectivity index (χ4n) is 1.44. The predicted molar refractivity (Wildman–Crippen MR) is 74.0 cm³/mol. The van der Waals surface area contributed by atoms with Crippen LogP contribution in [0.2, 0.25) is 0 Å². The predicted octanol–water partition coefficient (Wildman–Crippen LogP) is 3.76. The van der Waals surface area contributed by atoms with Gasteiger partial charge in [-0.05, 0) is 58.7 Å². The molecule has 0 bridgehead atoms. The Morgan fingerprint density at radius 2 is 2.00 bits per heavy atom. The number of aryl methyl sites for hydroxylation is 1. The summed E-state index contributed by atoms with van der Waals surface area (Å²) in [6, 6.07) is 7.19. The number of anilines is 1. The minimum absolute atomic E-state index is 0.177. The molecule has 1 aromatic carbocycles. The van der Waals surface area contributed by atoms with Crippen LogP contribution in [-0.2, 0) is 10.0 Å². The van der Waals surface area contributed by atoms with Gasteiger partial charge in [-0.2, -0.15) is 0 Å². The van der Waals surface area contributed by atoms with E-state index in [1.807, 2.05) is 0 Å². The van der Waals surface area contributed by atoms with Crippen LogP contribution in [0, 0.1) is 12.7 Å². The van der Waals surface area contributed by atoms with E-state index in [0.717, 1.165) is 21.2 Å². The summed E-state index contributed by atoms with van der Waals surface area (Å²) in [7, 11) is -3.65. The molecule has 0 spiro atoms. The van der Waals surface area contributed by atoms with Crippen LogP contribution in [-0.4, -0.2) is 8.42 Å². The van der Waals surface area contributed by atoms with Gasteiger partial charge >= 0.3 is 0 Å². The summed E-state index contributed by atoms with van der Waals surface area (Å²) in [4.78, 5) is 0. The lowest BCUT2D eigenvalue weighted by Gasteiger charge is -2.07. The number of benzene rings is 1. The molecular weight excluding hydrogens is 341 g/mol. The number of nitrogens with one attached hydrogen (secondary N) is 1. The minimum Gasteiger partial charge on any atom is -0.279 e. The highest BCUT2D eigenvalue weighted by Crippen LogP contribution is 2.27. The van der Waals surface area contributed by atoms with Crippen molar-refractivity contribution in [3.8, 4) is 0 Å². The van der Waals surface area contributed by atoms with Crippen molar-refractivity contribution in [2.45, 2.75) is 11.1 Å². The second-order valence-corrected chi connectivity index (χ2v) is 8.05. The second kappa shape index (κ2) is 4.99. The van der Waals surface area contributed by atoms with Gasteiger partial charge in [-0.1, -0.05) is 0 Å². The van der Waals surface area contributed by atoms with E-state index in [1.165, 1.54) is 12.1 Å². The van der Waals surface area contributed by atoms with E-state index >= 15 is 0 Å². The number of thiophene rings is 1. The highest BCUT2D eigenvalue weighted by Gasteiger charge is 2.16. The molecule has 0 aliphatic carbocycles. The van der Waals surface area contributed by atoms with Gasteiger partial charge in [-0.25, -0.2) is 12.8 Å². The SMILES string of the molecule is Cc1cc(F)cc(NS(=O)(=O)c2ccc(Br)s2)c1. The first kappa shape index (κ1) is 13.5. The van der Waals surface area contributed by atoms with Crippen LogP contribution in [0.25, 0.3) is 0 Å². The second-order valence-electron chi connectivity index (χ2n) is 3.68. The zero-order valence-electron chi connectivity index (χ0n) is 9.28. The van der Waals surface area contributed by atoms with Crippen molar-refractivity contribution < 1.29 is 12.8 Å². The number of hydrogen-bond acceptors (Lipinski definition) is 3. The zero-order chi connectivity index (χ0) is 13.3. The summed E-state index contributed by atoms with van der Waals surface area (Å²) in [5.41, 5.74) is 0.872. The van der Waals surface area contributed by atoms with Gasteiger partial charge in [0.1, 0.15) is 10.0 Å². The average molecular weight is 350 g/mol. The van der Waals surface area contributed by atoms with Crippen LogP contribution in [0.15, 0.2) is 38.3 Å². The summed E-state index contributed by atoms with van der Waals surface area (Å²) >= 11 is 4.29. The maximum Gasteiger partial charge on any atom is 0.271 e. The lowest BCUT2D eigenvalue weighted by atomic mass is 10.2. The van der Waals surface area contributed by atoms with Crippen molar-refractivity contribution in [2.24, 2.45) is 0 Å². The Morgan fingerprint density at radius 3 is 2.56 bits per heavy atom. The fourth-order valence-corrected chi connectivity index (χ4v) is 4.49. The molecule has 0 saturated heterocycles. The maximum atomic E-state index is 13.2. The Balaban J connectivity index is 2.33. The lowest BCUT2D eigenvalue weighted by Crippen LogP contribution is -2.11. The van der Waals surface area contributed by atoms with E-state index < -0.39 is 15.8 Å². The Morgan fingerprint density at radius 1 is 1.28 bits per heavy atom. The first-order chi connectivity index (χ1) is 8.37. The van der Waals surface area contributed by atoms with Crippen LogP contribution in [0.3, 0.4) is 0 Å². The van der Waals surface area contributed by atoms with Gasteiger partial charge in [-0.15, -0.1) is 11.3 Å². The third-order valence-corrected chi connectivity index (χ3v) is 5.60. The highest BCUT2D eigenvalue weighted by atomic mass is 79.9. The smallest absolute Gasteiger partial charge is 0.271 e. The number of sulfonamides is 1. The van der Waals surface area contributed by atoms with E-state index in [1.54, 1.807) is 19.1 Å². The lowest BCUT2D eigenvalue weighted by molar-refractivity contribution is 0.603. The molecule has 2 rings (SSSR count). The molecule has 0 atom stereocenters. The molecule has 18 heavy (non-hydrogen) atoms. The quantitative estimate of drug-likeness (QED) is 0.916. The molecular formula is C11H9BrFNO2S2. The molecule has 0 radical (unpaired) electrons. The topological polar surface area (TPSA) is 46.2 Å². The van der Waals surface area contributed by atoms with Crippen LogP contribution >= 0.6 is 27.3 Å². The van der Waals surface area contributed by atoms with Gasteiger partial charge in [0.2, 0.25) is 0 Å². The number of hydrogen-bond donors (Lipinski definition) is 1. The molecule has 0 amide bonds. The summed E-state index contributed by atoms with van der Waals surface area (Å²) in [6.07, 6.45) is 0. The Labute approximate surface area is 117 Å². The van der Waals surface area contributed by atoms with Gasteiger partial charge in [0.25, 0.3) is 10.0 Å². The molecule has 0 unspecified atom stereocenters. The first-order valence-corrected chi connectivity index (χ1v) is 8.01. The molecule has 1 N–H and O–H groups in total. The molecule has 2 aromatic rings. The van der Waals surface area contributed by atoms with Crippen LogP contribution in [0.5, 0.6) is 0 Å². The molecule has 0 saturated carbocycles. The van der Waals surface area contributed by atoms with Crippen molar-refractivity contribution in [3.05, 3.63) is 45.5 Å². The summed E-state index contributed by atoms with van der Waals surface area (Å²) < 4.78 is 40.4. The molecule has 3 nitrogen and oxygen atoms in total. The van der Waals surface area contributed by atoms with Gasteiger partial charge in [0, 0.05) is 0 Å².